The lowest BCUT2D eigenvalue weighted by Crippen LogP contribution is -2.31. The van der Waals surface area contributed by atoms with Crippen LogP contribution < -0.4 is 5.32 Å². The van der Waals surface area contributed by atoms with E-state index in [1.54, 1.807) is 0 Å². The topological polar surface area (TPSA) is 12.0 Å². The van der Waals surface area contributed by atoms with Gasteiger partial charge in [0.2, 0.25) is 0 Å². The van der Waals surface area contributed by atoms with Gasteiger partial charge in [0.25, 0.3) is 0 Å². The quantitative estimate of drug-likeness (QED) is 0.776. The molecule has 0 spiro atoms. The predicted molar refractivity (Wildman–Crippen MR) is 78.9 cm³/mol. The van der Waals surface area contributed by atoms with Crippen LogP contribution in [0.2, 0.25) is 0 Å². The Morgan fingerprint density at radius 1 is 1.28 bits per heavy atom. The largest absolute Gasteiger partial charge is 0.307 e. The van der Waals surface area contributed by atoms with Gasteiger partial charge < -0.3 is 5.32 Å². The van der Waals surface area contributed by atoms with Gasteiger partial charge in [-0.05, 0) is 50.7 Å². The van der Waals surface area contributed by atoms with Crippen LogP contribution in [-0.2, 0) is 0 Å². The van der Waals surface area contributed by atoms with Gasteiger partial charge >= 0.3 is 0 Å². The molecule has 1 N–H and O–H groups in total. The molecular weight excluding hydrogens is 218 g/mol. The molecule has 0 aliphatic heterocycles. The van der Waals surface area contributed by atoms with E-state index in [1.807, 2.05) is 0 Å². The van der Waals surface area contributed by atoms with Crippen molar-refractivity contribution in [3.63, 3.8) is 0 Å². The number of hydrogen-bond acceptors (Lipinski definition) is 1. The van der Waals surface area contributed by atoms with Gasteiger partial charge in [0.05, 0.1) is 0 Å². The Kier molecular flexibility index (Phi) is 4.45. The molecule has 2 unspecified atom stereocenters. The summed E-state index contributed by atoms with van der Waals surface area (Å²) < 4.78 is 0. The van der Waals surface area contributed by atoms with Crippen LogP contribution in [-0.4, -0.2) is 6.04 Å². The summed E-state index contributed by atoms with van der Waals surface area (Å²) in [4.78, 5) is 0. The van der Waals surface area contributed by atoms with Crippen molar-refractivity contribution in [3.8, 4) is 0 Å². The van der Waals surface area contributed by atoms with Crippen LogP contribution in [0.5, 0.6) is 0 Å². The molecule has 1 nitrogen and oxygen atoms in total. The maximum Gasteiger partial charge on any atom is 0.0296 e. The van der Waals surface area contributed by atoms with Crippen LogP contribution in [0, 0.1) is 19.8 Å². The van der Waals surface area contributed by atoms with Gasteiger partial charge in [-0.25, -0.2) is 0 Å². The average Bonchev–Trinajstić information content (AvgIpc) is 3.11. The van der Waals surface area contributed by atoms with E-state index in [2.05, 4.69) is 51.2 Å². The highest BCUT2D eigenvalue weighted by Crippen LogP contribution is 2.34. The molecule has 1 fully saturated rings. The minimum atomic E-state index is 0.467. The van der Waals surface area contributed by atoms with Crippen LogP contribution >= 0.6 is 0 Å². The summed E-state index contributed by atoms with van der Waals surface area (Å²) in [5.41, 5.74) is 4.22. The summed E-state index contributed by atoms with van der Waals surface area (Å²) in [6.45, 7) is 8.99. The van der Waals surface area contributed by atoms with E-state index in [9.17, 15) is 0 Å². The SMILES string of the molecule is CCC(CC1CC1)NC(C)c1ccc(C)cc1C. The van der Waals surface area contributed by atoms with Gasteiger partial charge in [-0.2, -0.15) is 0 Å². The standard InChI is InChI=1S/C17H27N/c1-5-16(11-15-7-8-15)18-14(4)17-9-6-12(2)10-13(17)3/h6,9-10,14-16,18H,5,7-8,11H2,1-4H3. The van der Waals surface area contributed by atoms with E-state index in [4.69, 9.17) is 0 Å². The second-order valence-corrected chi connectivity index (χ2v) is 6.03. The molecule has 0 heterocycles. The fourth-order valence-electron chi connectivity index (χ4n) is 2.86. The lowest BCUT2D eigenvalue weighted by Gasteiger charge is -2.24. The zero-order chi connectivity index (χ0) is 13.1. The minimum absolute atomic E-state index is 0.467. The zero-order valence-electron chi connectivity index (χ0n) is 12.3. The molecule has 1 aliphatic rings. The van der Waals surface area contributed by atoms with Crippen LogP contribution in [0.15, 0.2) is 18.2 Å². The maximum absolute atomic E-state index is 3.81. The third kappa shape index (κ3) is 3.58. The molecule has 1 aliphatic carbocycles. The third-order valence-electron chi connectivity index (χ3n) is 4.19. The van der Waals surface area contributed by atoms with Crippen molar-refractivity contribution >= 4 is 0 Å². The molecule has 100 valence electrons. The van der Waals surface area contributed by atoms with E-state index in [0.717, 1.165) is 5.92 Å². The molecule has 1 aromatic rings. The normalized spacial score (nSPS) is 18.7. The minimum Gasteiger partial charge on any atom is -0.307 e. The van der Waals surface area contributed by atoms with Crippen molar-refractivity contribution < 1.29 is 0 Å². The van der Waals surface area contributed by atoms with E-state index in [-0.39, 0.29) is 0 Å². The Labute approximate surface area is 112 Å². The highest BCUT2D eigenvalue weighted by atomic mass is 14.9. The average molecular weight is 245 g/mol. The Hall–Kier alpha value is -0.820. The van der Waals surface area contributed by atoms with Gasteiger partial charge in [0.1, 0.15) is 0 Å². The van der Waals surface area contributed by atoms with Crippen molar-refractivity contribution in [2.24, 2.45) is 5.92 Å². The van der Waals surface area contributed by atoms with E-state index in [0.29, 0.717) is 12.1 Å². The summed E-state index contributed by atoms with van der Waals surface area (Å²) >= 11 is 0. The summed E-state index contributed by atoms with van der Waals surface area (Å²) in [7, 11) is 0. The number of nitrogens with one attached hydrogen (secondary N) is 1. The van der Waals surface area contributed by atoms with Gasteiger partial charge in [0, 0.05) is 12.1 Å². The lowest BCUT2D eigenvalue weighted by atomic mass is 9.98. The monoisotopic (exact) mass is 245 g/mol. The van der Waals surface area contributed by atoms with Crippen molar-refractivity contribution in [1.82, 2.24) is 5.32 Å². The first-order valence-corrected chi connectivity index (χ1v) is 7.43. The zero-order valence-corrected chi connectivity index (χ0v) is 12.3. The molecule has 0 amide bonds. The highest BCUT2D eigenvalue weighted by Gasteiger charge is 2.25. The van der Waals surface area contributed by atoms with Crippen LogP contribution in [0.3, 0.4) is 0 Å². The lowest BCUT2D eigenvalue weighted by molar-refractivity contribution is 0.403. The fourth-order valence-corrected chi connectivity index (χ4v) is 2.86. The molecule has 1 heteroatoms. The number of aryl methyl sites for hydroxylation is 2. The number of hydrogen-bond donors (Lipinski definition) is 1. The summed E-state index contributed by atoms with van der Waals surface area (Å²) in [6.07, 6.45) is 5.52. The molecule has 1 aromatic carbocycles. The van der Waals surface area contributed by atoms with Gasteiger partial charge in [-0.3, -0.25) is 0 Å². The molecule has 2 atom stereocenters. The van der Waals surface area contributed by atoms with E-state index in [1.165, 1.54) is 42.4 Å². The van der Waals surface area contributed by atoms with E-state index < -0.39 is 0 Å². The Balaban J connectivity index is 1.98. The molecular formula is C17H27N. The second-order valence-electron chi connectivity index (χ2n) is 6.03. The molecule has 1 saturated carbocycles. The molecule has 0 aromatic heterocycles. The Morgan fingerprint density at radius 3 is 2.56 bits per heavy atom. The maximum atomic E-state index is 3.81. The number of rotatable bonds is 6. The first kappa shape index (κ1) is 13.6. The third-order valence-corrected chi connectivity index (χ3v) is 4.19. The molecule has 0 saturated heterocycles. The first-order valence-electron chi connectivity index (χ1n) is 7.43. The Bertz CT molecular complexity index is 393. The van der Waals surface area contributed by atoms with Crippen molar-refractivity contribution in [2.75, 3.05) is 0 Å². The smallest absolute Gasteiger partial charge is 0.0296 e. The highest BCUT2D eigenvalue weighted by molar-refractivity contribution is 5.32. The fraction of sp³-hybridized carbons (Fsp3) is 0.647. The van der Waals surface area contributed by atoms with Gasteiger partial charge in [-0.1, -0.05) is 43.5 Å². The Morgan fingerprint density at radius 2 is 2.00 bits per heavy atom. The molecule has 0 bridgehead atoms. The molecule has 0 radical (unpaired) electrons. The summed E-state index contributed by atoms with van der Waals surface area (Å²) in [6, 6.07) is 7.95. The summed E-state index contributed by atoms with van der Waals surface area (Å²) in [5.74, 6) is 1.01. The van der Waals surface area contributed by atoms with E-state index >= 15 is 0 Å². The predicted octanol–water partition coefficient (Wildman–Crippen LogP) is 4.53. The van der Waals surface area contributed by atoms with Crippen LogP contribution in [0.4, 0.5) is 0 Å². The van der Waals surface area contributed by atoms with Crippen LogP contribution in [0.1, 0.15) is 62.3 Å². The first-order chi connectivity index (χ1) is 8.60. The van der Waals surface area contributed by atoms with Gasteiger partial charge in [0.15, 0.2) is 0 Å². The second kappa shape index (κ2) is 5.88. The van der Waals surface area contributed by atoms with Crippen molar-refractivity contribution in [2.45, 2.75) is 65.5 Å². The van der Waals surface area contributed by atoms with Crippen molar-refractivity contribution in [3.05, 3.63) is 34.9 Å². The molecule has 18 heavy (non-hydrogen) atoms. The van der Waals surface area contributed by atoms with Crippen molar-refractivity contribution in [1.29, 1.82) is 0 Å². The van der Waals surface area contributed by atoms with Crippen LogP contribution in [0.25, 0.3) is 0 Å². The summed E-state index contributed by atoms with van der Waals surface area (Å²) in [5, 5.41) is 3.81. The molecule has 2 rings (SSSR count). The number of benzene rings is 1. The van der Waals surface area contributed by atoms with Gasteiger partial charge in [-0.15, -0.1) is 0 Å².